The highest BCUT2D eigenvalue weighted by Crippen LogP contribution is 2.16. The molecule has 200 valence electrons. The minimum Gasteiger partial charge on any atom is -0.463 e. The molecule has 0 heterocycles. The van der Waals surface area contributed by atoms with E-state index in [9.17, 15) is 14.7 Å². The molecule has 0 radical (unpaired) electrons. The van der Waals surface area contributed by atoms with Crippen molar-refractivity contribution in [2.75, 3.05) is 6.61 Å². The van der Waals surface area contributed by atoms with Crippen molar-refractivity contribution >= 4 is 12.1 Å². The molecule has 0 rings (SSSR count). The van der Waals surface area contributed by atoms with Crippen LogP contribution in [0.25, 0.3) is 0 Å². The first-order valence-corrected chi connectivity index (χ1v) is 13.4. The molecule has 0 aromatic rings. The number of aliphatic hydroxyl groups excluding tert-OH is 1. The van der Waals surface area contributed by atoms with Crippen molar-refractivity contribution < 1.29 is 24.2 Å². The number of amides is 1. The van der Waals surface area contributed by atoms with Crippen LogP contribution in [0.5, 0.6) is 0 Å². The van der Waals surface area contributed by atoms with Gasteiger partial charge in [-0.15, -0.1) is 0 Å². The molecular weight excluding hydrogens is 430 g/mol. The summed E-state index contributed by atoms with van der Waals surface area (Å²) in [6, 6.07) is -0.783. The van der Waals surface area contributed by atoms with Gasteiger partial charge in [-0.3, -0.25) is 4.79 Å². The van der Waals surface area contributed by atoms with Crippen molar-refractivity contribution in [3.05, 3.63) is 12.2 Å². The average Bonchev–Trinajstić information content (AvgIpc) is 2.71. The lowest BCUT2D eigenvalue weighted by molar-refractivity contribution is -0.154. The van der Waals surface area contributed by atoms with Crippen LogP contribution >= 0.6 is 0 Å². The smallest absolute Gasteiger partial charge is 0.408 e. The summed E-state index contributed by atoms with van der Waals surface area (Å²) in [4.78, 5) is 24.3. The highest BCUT2D eigenvalue weighted by Gasteiger charge is 2.28. The van der Waals surface area contributed by atoms with Gasteiger partial charge in [0.05, 0.1) is 17.6 Å². The summed E-state index contributed by atoms with van der Waals surface area (Å²) in [5.41, 5.74) is -1.32. The summed E-state index contributed by atoms with van der Waals surface area (Å²) in [7, 11) is 0. The monoisotopic (exact) mass is 483 g/mol. The Morgan fingerprint density at radius 2 is 1.35 bits per heavy atom. The van der Waals surface area contributed by atoms with Gasteiger partial charge in [-0.25, -0.2) is 4.79 Å². The van der Waals surface area contributed by atoms with Crippen LogP contribution in [0.3, 0.4) is 0 Å². The SMILES string of the molecule is CCCCCCCCCCCCC/C=C/[C@H](O)[C@@H](COC(=O)C(C)(C)C)NC(=O)OC(C)(C)C. The van der Waals surface area contributed by atoms with E-state index in [1.54, 1.807) is 47.6 Å². The second-order valence-electron chi connectivity index (χ2n) is 11.3. The Balaban J connectivity index is 4.36. The highest BCUT2D eigenvalue weighted by atomic mass is 16.6. The zero-order valence-electron chi connectivity index (χ0n) is 23.1. The Morgan fingerprint density at radius 1 is 0.853 bits per heavy atom. The van der Waals surface area contributed by atoms with Gasteiger partial charge in [0.1, 0.15) is 12.2 Å². The van der Waals surface area contributed by atoms with Crippen molar-refractivity contribution in [2.24, 2.45) is 5.41 Å². The lowest BCUT2D eigenvalue weighted by Gasteiger charge is -2.26. The van der Waals surface area contributed by atoms with Gasteiger partial charge in [-0.2, -0.15) is 0 Å². The molecule has 0 aromatic heterocycles. The van der Waals surface area contributed by atoms with Gasteiger partial charge < -0.3 is 19.9 Å². The van der Waals surface area contributed by atoms with Gasteiger partial charge in [0.2, 0.25) is 0 Å². The molecule has 0 unspecified atom stereocenters. The number of rotatable bonds is 17. The molecule has 0 bridgehead atoms. The second-order valence-corrected chi connectivity index (χ2v) is 11.3. The number of nitrogens with one attached hydrogen (secondary N) is 1. The van der Waals surface area contributed by atoms with Gasteiger partial charge in [-0.05, 0) is 54.4 Å². The van der Waals surface area contributed by atoms with E-state index < -0.39 is 29.3 Å². The fourth-order valence-electron chi connectivity index (χ4n) is 3.36. The van der Waals surface area contributed by atoms with Crippen LogP contribution in [0.1, 0.15) is 126 Å². The van der Waals surface area contributed by atoms with E-state index in [1.807, 2.05) is 6.08 Å². The summed E-state index contributed by atoms with van der Waals surface area (Å²) in [5, 5.41) is 13.2. The van der Waals surface area contributed by atoms with Gasteiger partial charge in [0.15, 0.2) is 0 Å². The number of carbonyl (C=O) groups excluding carboxylic acids is 2. The Bertz CT molecular complexity index is 574. The van der Waals surface area contributed by atoms with Crippen LogP contribution in [0, 0.1) is 5.41 Å². The van der Waals surface area contributed by atoms with Crippen molar-refractivity contribution in [1.29, 1.82) is 0 Å². The predicted molar refractivity (Wildman–Crippen MR) is 140 cm³/mol. The molecule has 0 aromatic carbocycles. The minimum absolute atomic E-state index is 0.126. The molecule has 2 N–H and O–H groups in total. The lowest BCUT2D eigenvalue weighted by Crippen LogP contribution is -2.48. The van der Waals surface area contributed by atoms with E-state index in [0.717, 1.165) is 12.8 Å². The lowest BCUT2D eigenvalue weighted by atomic mass is 9.97. The minimum atomic E-state index is -0.979. The number of carbonyl (C=O) groups is 2. The van der Waals surface area contributed by atoms with E-state index in [-0.39, 0.29) is 12.6 Å². The zero-order chi connectivity index (χ0) is 26.0. The van der Waals surface area contributed by atoms with E-state index in [4.69, 9.17) is 9.47 Å². The standard InChI is InChI=1S/C28H53NO5/c1-8-9-10-11-12-13-14-15-16-17-18-19-20-21-24(30)23(22-33-25(31)27(2,3)4)29-26(32)34-28(5,6)7/h20-21,23-24,30H,8-19,22H2,1-7H3,(H,29,32)/b21-20+/t23-,24+/m1/s1. The Kier molecular flexibility index (Phi) is 17.0. The number of unbranched alkanes of at least 4 members (excludes halogenated alkanes) is 11. The van der Waals surface area contributed by atoms with Crippen LogP contribution in [-0.4, -0.2) is 41.5 Å². The fraction of sp³-hybridized carbons (Fsp3) is 0.857. The Morgan fingerprint density at radius 3 is 1.82 bits per heavy atom. The summed E-state index contributed by atoms with van der Waals surface area (Å²) in [5.74, 6) is -0.388. The number of aliphatic hydroxyl groups is 1. The summed E-state index contributed by atoms with van der Waals surface area (Å²) in [6.45, 7) is 12.7. The Labute approximate surface area is 209 Å². The number of ether oxygens (including phenoxy) is 2. The van der Waals surface area contributed by atoms with E-state index in [2.05, 4.69) is 12.2 Å². The number of alkyl carbamates (subject to hydrolysis) is 1. The molecular formula is C28H53NO5. The van der Waals surface area contributed by atoms with Crippen LogP contribution in [-0.2, 0) is 14.3 Å². The van der Waals surface area contributed by atoms with Gasteiger partial charge in [0.25, 0.3) is 0 Å². The van der Waals surface area contributed by atoms with Crippen molar-refractivity contribution in [2.45, 2.75) is 143 Å². The number of allylic oxidation sites excluding steroid dienone is 1. The number of esters is 1. The third-order valence-corrected chi connectivity index (χ3v) is 5.43. The summed E-state index contributed by atoms with van der Waals surface area (Å²) in [6.07, 6.45) is 17.1. The molecule has 2 atom stereocenters. The largest absolute Gasteiger partial charge is 0.463 e. The average molecular weight is 484 g/mol. The van der Waals surface area contributed by atoms with Crippen LogP contribution < -0.4 is 5.32 Å². The Hall–Kier alpha value is -1.56. The molecule has 34 heavy (non-hydrogen) atoms. The van der Waals surface area contributed by atoms with Crippen molar-refractivity contribution in [3.8, 4) is 0 Å². The molecule has 0 aliphatic heterocycles. The molecule has 0 aliphatic carbocycles. The molecule has 6 nitrogen and oxygen atoms in total. The zero-order valence-corrected chi connectivity index (χ0v) is 23.1. The second kappa shape index (κ2) is 17.8. The summed E-state index contributed by atoms with van der Waals surface area (Å²) < 4.78 is 10.6. The first-order chi connectivity index (χ1) is 15.9. The molecule has 0 aliphatic rings. The maximum atomic E-state index is 12.2. The maximum Gasteiger partial charge on any atom is 0.408 e. The quantitative estimate of drug-likeness (QED) is 0.131. The topological polar surface area (TPSA) is 84.9 Å². The maximum absolute atomic E-state index is 12.2. The van der Waals surface area contributed by atoms with Crippen LogP contribution in [0.4, 0.5) is 4.79 Å². The summed E-state index contributed by atoms with van der Waals surface area (Å²) >= 11 is 0. The highest BCUT2D eigenvalue weighted by molar-refractivity contribution is 5.75. The molecule has 0 fully saturated rings. The van der Waals surface area contributed by atoms with E-state index in [0.29, 0.717) is 0 Å². The van der Waals surface area contributed by atoms with Crippen LogP contribution in [0.2, 0.25) is 0 Å². The van der Waals surface area contributed by atoms with Gasteiger partial charge in [-0.1, -0.05) is 83.3 Å². The molecule has 0 spiro atoms. The molecule has 6 heteroatoms. The van der Waals surface area contributed by atoms with Crippen molar-refractivity contribution in [3.63, 3.8) is 0 Å². The molecule has 0 saturated heterocycles. The molecule has 1 amide bonds. The first kappa shape index (κ1) is 32.4. The number of hydrogen-bond acceptors (Lipinski definition) is 5. The van der Waals surface area contributed by atoms with E-state index in [1.165, 1.54) is 64.2 Å². The third-order valence-electron chi connectivity index (χ3n) is 5.43. The number of hydrogen-bond donors (Lipinski definition) is 2. The molecule has 0 saturated carbocycles. The third kappa shape index (κ3) is 18.8. The normalized spacial score (nSPS) is 14.1. The van der Waals surface area contributed by atoms with E-state index >= 15 is 0 Å². The van der Waals surface area contributed by atoms with Crippen molar-refractivity contribution in [1.82, 2.24) is 5.32 Å². The first-order valence-electron chi connectivity index (χ1n) is 13.4. The fourth-order valence-corrected chi connectivity index (χ4v) is 3.36. The van der Waals surface area contributed by atoms with Gasteiger partial charge >= 0.3 is 12.1 Å². The predicted octanol–water partition coefficient (Wildman–Crippen LogP) is 7.09. The van der Waals surface area contributed by atoms with Crippen LogP contribution in [0.15, 0.2) is 12.2 Å². The van der Waals surface area contributed by atoms with Gasteiger partial charge in [0, 0.05) is 0 Å².